The van der Waals surface area contributed by atoms with Gasteiger partial charge in [-0.2, -0.15) is 0 Å². The Hall–Kier alpha value is -1.30. The van der Waals surface area contributed by atoms with Crippen LogP contribution in [0.5, 0.6) is 11.5 Å². The van der Waals surface area contributed by atoms with Crippen LogP contribution in [0.25, 0.3) is 0 Å². The summed E-state index contributed by atoms with van der Waals surface area (Å²) in [5, 5.41) is 0. The van der Waals surface area contributed by atoms with Crippen molar-refractivity contribution in [2.45, 2.75) is 24.9 Å². The van der Waals surface area contributed by atoms with Crippen molar-refractivity contribution >= 4 is 0 Å². The normalized spacial score (nSPS) is 26.9. The molecule has 0 radical (unpaired) electrons. The van der Waals surface area contributed by atoms with Gasteiger partial charge in [-0.1, -0.05) is 6.07 Å². The van der Waals surface area contributed by atoms with Crippen LogP contribution in [0.3, 0.4) is 0 Å². The number of nitrogens with one attached hydrogen (secondary N) is 2. The molecule has 3 rings (SSSR count). The van der Waals surface area contributed by atoms with E-state index >= 15 is 0 Å². The van der Waals surface area contributed by atoms with Crippen LogP contribution in [0.4, 0.5) is 0 Å². The highest BCUT2D eigenvalue weighted by atomic mass is 16.5. The summed E-state index contributed by atoms with van der Waals surface area (Å²) >= 11 is 0. The predicted octanol–water partition coefficient (Wildman–Crippen LogP) is 0.714. The van der Waals surface area contributed by atoms with Gasteiger partial charge in [-0.05, 0) is 24.1 Å². The molecule has 2 unspecified atom stereocenters. The molecule has 5 heteroatoms. The van der Waals surface area contributed by atoms with Gasteiger partial charge >= 0.3 is 0 Å². The van der Waals surface area contributed by atoms with Crippen LogP contribution in [0.2, 0.25) is 0 Å². The second kappa shape index (κ2) is 5.14. The topological polar surface area (TPSA) is 68.5 Å². The van der Waals surface area contributed by atoms with E-state index in [2.05, 4.69) is 23.0 Å². The minimum absolute atomic E-state index is 0.288. The van der Waals surface area contributed by atoms with E-state index in [0.717, 1.165) is 37.6 Å². The molecular formula is C13H19N3O2. The Bertz CT molecular complexity index is 425. The summed E-state index contributed by atoms with van der Waals surface area (Å²) in [5.74, 6) is 1.69. The van der Waals surface area contributed by atoms with Crippen LogP contribution in [-0.2, 0) is 0 Å². The summed E-state index contributed by atoms with van der Waals surface area (Å²) in [4.78, 5) is 0. The lowest BCUT2D eigenvalue weighted by Crippen LogP contribution is -2.35. The first-order chi connectivity index (χ1) is 8.86. The number of benzene rings is 1. The second-order valence-corrected chi connectivity index (χ2v) is 4.77. The van der Waals surface area contributed by atoms with Crippen molar-refractivity contribution in [2.75, 3.05) is 19.8 Å². The second-order valence-electron chi connectivity index (χ2n) is 4.77. The summed E-state index contributed by atoms with van der Waals surface area (Å²) in [6, 6.07) is 6.78. The fourth-order valence-corrected chi connectivity index (χ4v) is 2.39. The van der Waals surface area contributed by atoms with Crippen molar-refractivity contribution in [3.05, 3.63) is 23.8 Å². The third-order valence-electron chi connectivity index (χ3n) is 3.44. The van der Waals surface area contributed by atoms with Gasteiger partial charge in [0.1, 0.15) is 0 Å². The number of rotatable bonds is 2. The maximum atomic E-state index is 5.70. The van der Waals surface area contributed by atoms with E-state index in [1.165, 1.54) is 5.56 Å². The highest BCUT2D eigenvalue weighted by Crippen LogP contribution is 2.33. The fraction of sp³-hybridized carbons (Fsp3) is 0.538. The SMILES string of the molecule is NCC1CC(c2ccc3c(c2)OCCCO3)NN1. The molecule has 0 spiro atoms. The van der Waals surface area contributed by atoms with Crippen LogP contribution in [-0.4, -0.2) is 25.8 Å². The van der Waals surface area contributed by atoms with Gasteiger partial charge in [-0.3, -0.25) is 5.43 Å². The quantitative estimate of drug-likeness (QED) is 0.720. The maximum Gasteiger partial charge on any atom is 0.161 e. The number of nitrogens with two attached hydrogens (primary N) is 1. The minimum atomic E-state index is 0.288. The van der Waals surface area contributed by atoms with Gasteiger partial charge in [0.05, 0.1) is 13.2 Å². The molecule has 5 nitrogen and oxygen atoms in total. The average Bonchev–Trinajstić information content (AvgIpc) is 2.76. The molecule has 2 atom stereocenters. The Labute approximate surface area is 107 Å². The Morgan fingerprint density at radius 3 is 2.78 bits per heavy atom. The van der Waals surface area contributed by atoms with E-state index in [1.807, 2.05) is 6.07 Å². The first-order valence-electron chi connectivity index (χ1n) is 6.47. The Kier molecular flexibility index (Phi) is 3.36. The van der Waals surface area contributed by atoms with Gasteiger partial charge in [-0.15, -0.1) is 0 Å². The molecule has 1 fully saturated rings. The van der Waals surface area contributed by atoms with Gasteiger partial charge in [0, 0.05) is 25.0 Å². The highest BCUT2D eigenvalue weighted by Gasteiger charge is 2.24. The summed E-state index contributed by atoms with van der Waals surface area (Å²) in [6.07, 6.45) is 1.93. The molecule has 18 heavy (non-hydrogen) atoms. The first-order valence-corrected chi connectivity index (χ1v) is 6.47. The van der Waals surface area contributed by atoms with Gasteiger partial charge < -0.3 is 15.2 Å². The summed E-state index contributed by atoms with van der Waals surface area (Å²) in [5.41, 5.74) is 13.3. The summed E-state index contributed by atoms with van der Waals surface area (Å²) in [6.45, 7) is 2.09. The molecule has 2 aliphatic heterocycles. The van der Waals surface area contributed by atoms with Gasteiger partial charge in [-0.25, -0.2) is 5.43 Å². The third-order valence-corrected chi connectivity index (χ3v) is 3.44. The van der Waals surface area contributed by atoms with E-state index in [9.17, 15) is 0 Å². The zero-order chi connectivity index (χ0) is 12.4. The van der Waals surface area contributed by atoms with Crippen molar-refractivity contribution in [3.8, 4) is 11.5 Å². The molecule has 2 aliphatic rings. The van der Waals surface area contributed by atoms with E-state index in [4.69, 9.17) is 15.2 Å². The third kappa shape index (κ3) is 2.29. The zero-order valence-electron chi connectivity index (χ0n) is 10.3. The molecule has 0 aromatic heterocycles. The highest BCUT2D eigenvalue weighted by molar-refractivity contribution is 5.44. The molecule has 1 aromatic rings. The lowest BCUT2D eigenvalue weighted by Gasteiger charge is -2.13. The molecule has 0 saturated carbocycles. The molecule has 0 aliphatic carbocycles. The van der Waals surface area contributed by atoms with Gasteiger partial charge in [0.25, 0.3) is 0 Å². The Balaban J connectivity index is 1.79. The maximum absolute atomic E-state index is 5.70. The van der Waals surface area contributed by atoms with Crippen LogP contribution in [0.15, 0.2) is 18.2 Å². The predicted molar refractivity (Wildman–Crippen MR) is 68.5 cm³/mol. The lowest BCUT2D eigenvalue weighted by atomic mass is 10.0. The molecule has 0 bridgehead atoms. The molecule has 0 amide bonds. The van der Waals surface area contributed by atoms with E-state index in [0.29, 0.717) is 12.6 Å². The summed E-state index contributed by atoms with van der Waals surface area (Å²) in [7, 11) is 0. The van der Waals surface area contributed by atoms with Crippen molar-refractivity contribution in [3.63, 3.8) is 0 Å². The van der Waals surface area contributed by atoms with Crippen LogP contribution in [0.1, 0.15) is 24.4 Å². The van der Waals surface area contributed by atoms with E-state index in [1.54, 1.807) is 0 Å². The van der Waals surface area contributed by atoms with Crippen molar-refractivity contribution in [2.24, 2.45) is 5.73 Å². The number of hydrazine groups is 1. The Morgan fingerprint density at radius 1 is 1.17 bits per heavy atom. The van der Waals surface area contributed by atoms with Gasteiger partial charge in [0.15, 0.2) is 11.5 Å². The number of hydrogen-bond donors (Lipinski definition) is 3. The smallest absolute Gasteiger partial charge is 0.161 e. The standard InChI is InChI=1S/C13H19N3O2/c14-8-10-7-11(16-15-10)9-2-3-12-13(6-9)18-5-1-4-17-12/h2-3,6,10-11,15-16H,1,4-5,7-8,14H2. The van der Waals surface area contributed by atoms with Crippen LogP contribution < -0.4 is 26.1 Å². The Morgan fingerprint density at radius 2 is 2.00 bits per heavy atom. The van der Waals surface area contributed by atoms with Crippen molar-refractivity contribution in [1.29, 1.82) is 0 Å². The van der Waals surface area contributed by atoms with Crippen molar-refractivity contribution < 1.29 is 9.47 Å². The first kappa shape index (κ1) is 11.8. The molecule has 98 valence electrons. The van der Waals surface area contributed by atoms with E-state index in [-0.39, 0.29) is 6.04 Å². The number of fused-ring (bicyclic) bond motifs is 1. The molecule has 4 N–H and O–H groups in total. The van der Waals surface area contributed by atoms with E-state index < -0.39 is 0 Å². The largest absolute Gasteiger partial charge is 0.490 e. The molecule has 1 saturated heterocycles. The zero-order valence-corrected chi connectivity index (χ0v) is 10.3. The lowest BCUT2D eigenvalue weighted by molar-refractivity contribution is 0.297. The summed E-state index contributed by atoms with van der Waals surface area (Å²) < 4.78 is 11.3. The molecular weight excluding hydrogens is 230 g/mol. The van der Waals surface area contributed by atoms with Crippen LogP contribution in [0, 0.1) is 0 Å². The molecule has 1 aromatic carbocycles. The number of hydrogen-bond acceptors (Lipinski definition) is 5. The molecule has 2 heterocycles. The number of ether oxygens (including phenoxy) is 2. The van der Waals surface area contributed by atoms with Crippen molar-refractivity contribution in [1.82, 2.24) is 10.9 Å². The minimum Gasteiger partial charge on any atom is -0.490 e. The van der Waals surface area contributed by atoms with Gasteiger partial charge in [0.2, 0.25) is 0 Å². The fourth-order valence-electron chi connectivity index (χ4n) is 2.39. The van der Waals surface area contributed by atoms with Crippen LogP contribution >= 0.6 is 0 Å². The monoisotopic (exact) mass is 249 g/mol. The average molecular weight is 249 g/mol.